The molecule has 0 saturated carbocycles. The van der Waals surface area contributed by atoms with E-state index in [1.54, 1.807) is 4.90 Å². The lowest BCUT2D eigenvalue weighted by molar-refractivity contribution is 0.173. The number of piperazine rings is 1. The Balaban J connectivity index is 2.08. The Morgan fingerprint density at radius 3 is 2.62 bits per heavy atom. The minimum Gasteiger partial charge on any atom is -0.338 e. The summed E-state index contributed by atoms with van der Waals surface area (Å²) in [6.07, 6.45) is 1.44. The highest BCUT2D eigenvalue weighted by molar-refractivity contribution is 7.89. The first kappa shape index (κ1) is 16.0. The lowest BCUT2D eigenvalue weighted by Crippen LogP contribution is -2.53. The number of pyridine rings is 1. The van der Waals surface area contributed by atoms with Crippen molar-refractivity contribution < 1.29 is 13.2 Å². The normalized spacial score (nSPS) is 16.8. The zero-order chi connectivity index (χ0) is 15.5. The van der Waals surface area contributed by atoms with Gasteiger partial charge in [0, 0.05) is 38.9 Å². The number of halogens is 1. The van der Waals surface area contributed by atoms with Crippen LogP contribution in [0.25, 0.3) is 0 Å². The molecular formula is C12H17ClN4O3S. The van der Waals surface area contributed by atoms with E-state index >= 15 is 0 Å². The van der Waals surface area contributed by atoms with Gasteiger partial charge < -0.3 is 10.2 Å². The van der Waals surface area contributed by atoms with Crippen LogP contribution in [-0.2, 0) is 10.0 Å². The van der Waals surface area contributed by atoms with E-state index < -0.39 is 10.0 Å². The maximum atomic E-state index is 12.5. The van der Waals surface area contributed by atoms with Gasteiger partial charge in [0.2, 0.25) is 10.0 Å². The number of nitrogens with one attached hydrogen (secondary N) is 1. The van der Waals surface area contributed by atoms with Crippen LogP contribution >= 0.6 is 11.6 Å². The number of aromatic nitrogens is 1. The first-order chi connectivity index (χ1) is 9.96. The Bertz CT molecular complexity index is 615. The number of carbonyl (C=O) groups is 1. The van der Waals surface area contributed by atoms with Crippen molar-refractivity contribution in [3.63, 3.8) is 0 Å². The molecule has 0 unspecified atom stereocenters. The standard InChI is InChI=1S/C12H17ClN4O3S/c1-2-14-12(18)16-6-8-17(9-7-16)21(19,20)10-4-3-5-15-11(10)13/h3-5H,2,6-9H2,1H3,(H,14,18). The molecule has 2 amide bonds. The molecule has 9 heteroatoms. The summed E-state index contributed by atoms with van der Waals surface area (Å²) >= 11 is 5.86. The van der Waals surface area contributed by atoms with Gasteiger partial charge >= 0.3 is 6.03 Å². The second-order valence-electron chi connectivity index (χ2n) is 4.52. The van der Waals surface area contributed by atoms with Crippen LogP contribution in [0, 0.1) is 0 Å². The molecule has 1 fully saturated rings. The summed E-state index contributed by atoms with van der Waals surface area (Å²) in [5.74, 6) is 0. The van der Waals surface area contributed by atoms with E-state index in [2.05, 4.69) is 10.3 Å². The fraction of sp³-hybridized carbons (Fsp3) is 0.500. The summed E-state index contributed by atoms with van der Waals surface area (Å²) in [5.41, 5.74) is 0. The smallest absolute Gasteiger partial charge is 0.317 e. The molecule has 2 rings (SSSR count). The highest BCUT2D eigenvalue weighted by atomic mass is 35.5. The van der Waals surface area contributed by atoms with Crippen LogP contribution in [-0.4, -0.2) is 61.4 Å². The van der Waals surface area contributed by atoms with Crippen molar-refractivity contribution in [2.45, 2.75) is 11.8 Å². The van der Waals surface area contributed by atoms with Crippen LogP contribution in [0.1, 0.15) is 6.92 Å². The van der Waals surface area contributed by atoms with Crippen LogP contribution in [0.4, 0.5) is 4.79 Å². The lowest BCUT2D eigenvalue weighted by atomic mass is 10.4. The van der Waals surface area contributed by atoms with Crippen molar-refractivity contribution >= 4 is 27.7 Å². The topological polar surface area (TPSA) is 82.6 Å². The highest BCUT2D eigenvalue weighted by Gasteiger charge is 2.31. The zero-order valence-corrected chi connectivity index (χ0v) is 13.2. The number of sulfonamides is 1. The van der Waals surface area contributed by atoms with Gasteiger partial charge in [-0.1, -0.05) is 11.6 Å². The molecule has 1 N–H and O–H groups in total. The maximum Gasteiger partial charge on any atom is 0.317 e. The Hall–Kier alpha value is -1.38. The maximum absolute atomic E-state index is 12.5. The van der Waals surface area contributed by atoms with Crippen molar-refractivity contribution in [1.29, 1.82) is 0 Å². The van der Waals surface area contributed by atoms with Crippen molar-refractivity contribution in [2.24, 2.45) is 0 Å². The van der Waals surface area contributed by atoms with Crippen molar-refractivity contribution in [1.82, 2.24) is 19.5 Å². The SMILES string of the molecule is CCNC(=O)N1CCN(S(=O)(=O)c2cccnc2Cl)CC1. The number of urea groups is 1. The molecule has 1 aromatic heterocycles. The molecule has 0 aliphatic carbocycles. The summed E-state index contributed by atoms with van der Waals surface area (Å²) in [6.45, 7) is 3.56. The quantitative estimate of drug-likeness (QED) is 0.829. The molecule has 0 aromatic carbocycles. The van der Waals surface area contributed by atoms with E-state index in [1.165, 1.54) is 22.6 Å². The second-order valence-corrected chi connectivity index (χ2v) is 6.78. The molecule has 1 aliphatic heterocycles. The Morgan fingerprint density at radius 2 is 2.05 bits per heavy atom. The van der Waals surface area contributed by atoms with Crippen molar-refractivity contribution in [3.8, 4) is 0 Å². The van der Waals surface area contributed by atoms with Gasteiger partial charge in [0.05, 0.1) is 0 Å². The zero-order valence-electron chi connectivity index (χ0n) is 11.6. The summed E-state index contributed by atoms with van der Waals surface area (Å²) in [5, 5.41) is 2.66. The van der Waals surface area contributed by atoms with Gasteiger partial charge in [0.25, 0.3) is 0 Å². The van der Waals surface area contributed by atoms with Crippen LogP contribution in [0.2, 0.25) is 5.15 Å². The molecule has 0 bridgehead atoms. The van der Waals surface area contributed by atoms with E-state index in [9.17, 15) is 13.2 Å². The Kier molecular flexibility index (Phi) is 5.02. The summed E-state index contributed by atoms with van der Waals surface area (Å²) in [6, 6.07) is 2.79. The van der Waals surface area contributed by atoms with E-state index in [1.807, 2.05) is 6.92 Å². The number of carbonyl (C=O) groups excluding carboxylic acids is 1. The lowest BCUT2D eigenvalue weighted by Gasteiger charge is -2.33. The van der Waals surface area contributed by atoms with Crippen molar-refractivity contribution in [3.05, 3.63) is 23.5 Å². The third-order valence-corrected chi connectivity index (χ3v) is 5.54. The third-order valence-electron chi connectivity index (χ3n) is 3.20. The minimum atomic E-state index is -3.67. The molecule has 0 radical (unpaired) electrons. The first-order valence-electron chi connectivity index (χ1n) is 6.60. The Morgan fingerprint density at radius 1 is 1.38 bits per heavy atom. The summed E-state index contributed by atoms with van der Waals surface area (Å²) in [7, 11) is -3.67. The van der Waals surface area contributed by atoms with E-state index in [-0.39, 0.29) is 29.2 Å². The average Bonchev–Trinajstić information content (AvgIpc) is 2.48. The predicted molar refractivity (Wildman–Crippen MR) is 78.7 cm³/mol. The molecule has 116 valence electrons. The number of nitrogens with zero attached hydrogens (tertiary/aromatic N) is 3. The molecular weight excluding hydrogens is 316 g/mol. The van der Waals surface area contributed by atoms with Gasteiger partial charge in [0.15, 0.2) is 0 Å². The monoisotopic (exact) mass is 332 g/mol. The van der Waals surface area contributed by atoms with Crippen LogP contribution in [0.3, 0.4) is 0 Å². The minimum absolute atomic E-state index is 0.00173. The van der Waals surface area contributed by atoms with E-state index in [4.69, 9.17) is 11.6 Å². The molecule has 0 spiro atoms. The van der Waals surface area contributed by atoms with Gasteiger partial charge in [0.1, 0.15) is 10.0 Å². The predicted octanol–water partition coefficient (Wildman–Crippen LogP) is 0.771. The van der Waals surface area contributed by atoms with Crippen molar-refractivity contribution in [2.75, 3.05) is 32.7 Å². The Labute approximate surface area is 128 Å². The molecule has 1 aliphatic rings. The number of amides is 2. The fourth-order valence-corrected chi connectivity index (χ4v) is 3.95. The third kappa shape index (κ3) is 3.45. The van der Waals surface area contributed by atoms with E-state index in [0.717, 1.165) is 0 Å². The van der Waals surface area contributed by atoms with Gasteiger partial charge in [-0.15, -0.1) is 0 Å². The first-order valence-corrected chi connectivity index (χ1v) is 8.42. The van der Waals surface area contributed by atoms with E-state index in [0.29, 0.717) is 19.6 Å². The molecule has 7 nitrogen and oxygen atoms in total. The average molecular weight is 333 g/mol. The van der Waals surface area contributed by atoms with Gasteiger partial charge in [-0.3, -0.25) is 0 Å². The fourth-order valence-electron chi connectivity index (χ4n) is 2.10. The molecule has 21 heavy (non-hydrogen) atoms. The molecule has 0 atom stereocenters. The summed E-state index contributed by atoms with van der Waals surface area (Å²) < 4.78 is 26.3. The van der Waals surface area contributed by atoms with Crippen LogP contribution in [0.5, 0.6) is 0 Å². The molecule has 2 heterocycles. The van der Waals surface area contributed by atoms with Crippen LogP contribution < -0.4 is 5.32 Å². The number of rotatable bonds is 3. The van der Waals surface area contributed by atoms with Crippen LogP contribution in [0.15, 0.2) is 23.2 Å². The number of hydrogen-bond donors (Lipinski definition) is 1. The van der Waals surface area contributed by atoms with Gasteiger partial charge in [-0.25, -0.2) is 18.2 Å². The second kappa shape index (κ2) is 6.59. The number of hydrogen-bond acceptors (Lipinski definition) is 4. The molecule has 1 aromatic rings. The van der Waals surface area contributed by atoms with Gasteiger partial charge in [-0.05, 0) is 19.1 Å². The largest absolute Gasteiger partial charge is 0.338 e. The summed E-state index contributed by atoms with van der Waals surface area (Å²) in [4.78, 5) is 17.1. The van der Waals surface area contributed by atoms with Gasteiger partial charge in [-0.2, -0.15) is 4.31 Å². The highest BCUT2D eigenvalue weighted by Crippen LogP contribution is 2.23. The molecule has 1 saturated heterocycles.